The molecule has 0 aliphatic heterocycles. The Morgan fingerprint density at radius 2 is 1.79 bits per heavy atom. The number of ketones is 1. The average Bonchev–Trinajstić information content (AvgIpc) is 2.60. The molecular formula is C17H12F2N2O3. The maximum Gasteiger partial charge on any atom is 0.227 e. The highest BCUT2D eigenvalue weighted by Gasteiger charge is 2.15. The van der Waals surface area contributed by atoms with Gasteiger partial charge in [0.15, 0.2) is 0 Å². The minimum atomic E-state index is -0.801. The van der Waals surface area contributed by atoms with E-state index in [2.05, 4.69) is 5.16 Å². The Hall–Kier alpha value is -3.27. The van der Waals surface area contributed by atoms with Crippen LogP contribution in [-0.4, -0.2) is 18.6 Å². The van der Waals surface area contributed by atoms with Crippen LogP contribution < -0.4 is 4.74 Å². The second kappa shape index (κ2) is 7.83. The zero-order valence-electron chi connectivity index (χ0n) is 12.6. The lowest BCUT2D eigenvalue weighted by atomic mass is 10.1. The smallest absolute Gasteiger partial charge is 0.227 e. The number of hydrogen-bond acceptors (Lipinski definition) is 5. The molecule has 0 radical (unpaired) electrons. The lowest BCUT2D eigenvalue weighted by molar-refractivity contribution is 0.103. The Labute approximate surface area is 136 Å². The van der Waals surface area contributed by atoms with Gasteiger partial charge in [0.1, 0.15) is 30.1 Å². The fourth-order valence-electron chi connectivity index (χ4n) is 1.82. The van der Waals surface area contributed by atoms with E-state index in [-0.39, 0.29) is 11.1 Å². The molecule has 0 atom stereocenters. The minimum Gasteiger partial charge on any atom is -0.497 e. The van der Waals surface area contributed by atoms with E-state index in [1.165, 1.54) is 25.3 Å². The number of carbonyl (C=O) groups is 1. The predicted octanol–water partition coefficient (Wildman–Crippen LogP) is 3.25. The highest BCUT2D eigenvalue weighted by molar-refractivity contribution is 6.51. The fraction of sp³-hybridized carbons (Fsp3) is 0.118. The van der Waals surface area contributed by atoms with Gasteiger partial charge in [0.05, 0.1) is 12.7 Å². The van der Waals surface area contributed by atoms with Crippen LogP contribution >= 0.6 is 0 Å². The maximum atomic E-state index is 13.4. The van der Waals surface area contributed by atoms with Crippen LogP contribution in [0.5, 0.6) is 5.75 Å². The van der Waals surface area contributed by atoms with E-state index in [1.54, 1.807) is 18.2 Å². The highest BCUT2D eigenvalue weighted by atomic mass is 19.1. The molecule has 0 aromatic heterocycles. The van der Waals surface area contributed by atoms with Crippen LogP contribution in [0.2, 0.25) is 0 Å². The van der Waals surface area contributed by atoms with Crippen LogP contribution in [0.3, 0.4) is 0 Å². The lowest BCUT2D eigenvalue weighted by Crippen LogP contribution is -2.13. The molecule has 2 rings (SSSR count). The van der Waals surface area contributed by atoms with Crippen molar-refractivity contribution < 1.29 is 23.1 Å². The molecule has 0 aliphatic rings. The summed E-state index contributed by atoms with van der Waals surface area (Å²) in [5.74, 6) is -1.72. The normalized spacial score (nSPS) is 10.8. The monoisotopic (exact) mass is 330 g/mol. The highest BCUT2D eigenvalue weighted by Crippen LogP contribution is 2.14. The van der Waals surface area contributed by atoms with Gasteiger partial charge in [0, 0.05) is 5.56 Å². The zero-order chi connectivity index (χ0) is 17.5. The Morgan fingerprint density at radius 1 is 1.17 bits per heavy atom. The van der Waals surface area contributed by atoms with E-state index in [1.807, 2.05) is 0 Å². The number of oxime groups is 1. The fourth-order valence-corrected chi connectivity index (χ4v) is 1.82. The zero-order valence-corrected chi connectivity index (χ0v) is 12.6. The molecule has 0 unspecified atom stereocenters. The van der Waals surface area contributed by atoms with Gasteiger partial charge in [0.25, 0.3) is 0 Å². The standard InChI is InChI=1S/C17H12F2N2O3/c1-23-12-7-5-11(6-8-12)17(22)16(9-20)21-24-10-13-14(18)3-2-4-15(13)19/h2-8H,10H2,1H3/b21-16+. The third kappa shape index (κ3) is 3.93. The van der Waals surface area contributed by atoms with Gasteiger partial charge < -0.3 is 9.57 Å². The molecule has 2 aromatic carbocycles. The summed E-state index contributed by atoms with van der Waals surface area (Å²) in [6, 6.07) is 11.0. The van der Waals surface area contributed by atoms with Crippen molar-refractivity contribution in [3.05, 3.63) is 65.2 Å². The molecule has 0 aliphatic carbocycles. The van der Waals surface area contributed by atoms with Gasteiger partial charge in [-0.05, 0) is 36.4 Å². The third-order valence-electron chi connectivity index (χ3n) is 3.10. The molecule has 0 saturated carbocycles. The largest absolute Gasteiger partial charge is 0.497 e. The van der Waals surface area contributed by atoms with Crippen LogP contribution in [0.25, 0.3) is 0 Å². The second-order valence-corrected chi connectivity index (χ2v) is 4.58. The number of carbonyl (C=O) groups excluding carboxylic acids is 1. The minimum absolute atomic E-state index is 0.205. The van der Waals surface area contributed by atoms with Gasteiger partial charge in [-0.1, -0.05) is 11.2 Å². The summed E-state index contributed by atoms with van der Waals surface area (Å²) < 4.78 is 31.8. The summed E-state index contributed by atoms with van der Waals surface area (Å²) in [7, 11) is 1.48. The first-order valence-electron chi connectivity index (χ1n) is 6.78. The van der Waals surface area contributed by atoms with Crippen molar-refractivity contribution in [1.29, 1.82) is 5.26 Å². The summed E-state index contributed by atoms with van der Waals surface area (Å²) in [5, 5.41) is 12.4. The van der Waals surface area contributed by atoms with Crippen molar-refractivity contribution in [2.24, 2.45) is 5.16 Å². The van der Waals surface area contributed by atoms with Crippen molar-refractivity contribution in [3.63, 3.8) is 0 Å². The number of Topliss-reactive ketones (excluding diaryl/α,β-unsaturated/α-hetero) is 1. The SMILES string of the molecule is COc1ccc(C(=O)/C(C#N)=N/OCc2c(F)cccc2F)cc1. The van der Waals surface area contributed by atoms with Gasteiger partial charge in [-0.25, -0.2) is 8.78 Å². The summed E-state index contributed by atoms with van der Waals surface area (Å²) in [6.07, 6.45) is 0. The van der Waals surface area contributed by atoms with Crippen molar-refractivity contribution in [2.75, 3.05) is 7.11 Å². The van der Waals surface area contributed by atoms with Crippen molar-refractivity contribution in [3.8, 4) is 11.8 Å². The molecule has 24 heavy (non-hydrogen) atoms. The molecule has 0 bridgehead atoms. The van der Waals surface area contributed by atoms with Crippen LogP contribution in [0, 0.1) is 23.0 Å². The second-order valence-electron chi connectivity index (χ2n) is 4.58. The van der Waals surface area contributed by atoms with Gasteiger partial charge >= 0.3 is 0 Å². The summed E-state index contributed by atoms with van der Waals surface area (Å²) in [5.41, 5.74) is -0.663. The number of methoxy groups -OCH3 is 1. The third-order valence-corrected chi connectivity index (χ3v) is 3.10. The number of halogens is 2. The number of nitriles is 1. The van der Waals surface area contributed by atoms with Gasteiger partial charge in [-0.3, -0.25) is 4.79 Å². The van der Waals surface area contributed by atoms with E-state index in [0.29, 0.717) is 5.75 Å². The molecule has 0 spiro atoms. The Kier molecular flexibility index (Phi) is 5.58. The Bertz CT molecular complexity index is 791. The van der Waals surface area contributed by atoms with E-state index in [0.717, 1.165) is 12.1 Å². The number of rotatable bonds is 6. The molecule has 122 valence electrons. The van der Waals surface area contributed by atoms with Crippen molar-refractivity contribution in [2.45, 2.75) is 6.61 Å². The molecule has 2 aromatic rings. The van der Waals surface area contributed by atoms with E-state index < -0.39 is 29.7 Å². The predicted molar refractivity (Wildman–Crippen MR) is 81.5 cm³/mol. The van der Waals surface area contributed by atoms with Crippen molar-refractivity contribution in [1.82, 2.24) is 0 Å². The lowest BCUT2D eigenvalue weighted by Gasteiger charge is -2.04. The first kappa shape index (κ1) is 17.1. The summed E-state index contributed by atoms with van der Waals surface area (Å²) in [6.45, 7) is -0.542. The first-order valence-corrected chi connectivity index (χ1v) is 6.78. The Morgan fingerprint density at radius 3 is 2.33 bits per heavy atom. The van der Waals surface area contributed by atoms with Crippen LogP contribution in [0.1, 0.15) is 15.9 Å². The molecule has 0 amide bonds. The topological polar surface area (TPSA) is 71.7 Å². The van der Waals surface area contributed by atoms with Crippen LogP contribution in [0.4, 0.5) is 8.78 Å². The molecule has 0 heterocycles. The number of ether oxygens (including phenoxy) is 1. The molecule has 0 saturated heterocycles. The molecule has 5 nitrogen and oxygen atoms in total. The Balaban J connectivity index is 2.11. The molecule has 0 fully saturated rings. The van der Waals surface area contributed by atoms with E-state index >= 15 is 0 Å². The molecular weight excluding hydrogens is 318 g/mol. The van der Waals surface area contributed by atoms with Crippen molar-refractivity contribution >= 4 is 11.5 Å². The molecule has 7 heteroatoms. The summed E-state index contributed by atoms with van der Waals surface area (Å²) >= 11 is 0. The number of nitrogens with zero attached hydrogens (tertiary/aromatic N) is 2. The number of hydrogen-bond donors (Lipinski definition) is 0. The first-order chi connectivity index (χ1) is 11.6. The molecule has 0 N–H and O–H groups in total. The average molecular weight is 330 g/mol. The van der Waals surface area contributed by atoms with Gasteiger partial charge in [-0.2, -0.15) is 5.26 Å². The summed E-state index contributed by atoms with van der Waals surface area (Å²) in [4.78, 5) is 16.9. The van der Waals surface area contributed by atoms with E-state index in [9.17, 15) is 13.6 Å². The van der Waals surface area contributed by atoms with Crippen LogP contribution in [-0.2, 0) is 11.4 Å². The van der Waals surface area contributed by atoms with Crippen LogP contribution in [0.15, 0.2) is 47.6 Å². The van der Waals surface area contributed by atoms with Gasteiger partial charge in [0.2, 0.25) is 11.5 Å². The van der Waals surface area contributed by atoms with Gasteiger partial charge in [-0.15, -0.1) is 0 Å². The number of benzene rings is 2. The maximum absolute atomic E-state index is 13.4. The van der Waals surface area contributed by atoms with E-state index in [4.69, 9.17) is 14.8 Å². The quantitative estimate of drug-likeness (QED) is 0.463.